The minimum Gasteiger partial charge on any atom is -0.497 e. The SMILES string of the molecule is COc1ccc(CC(=O)Nc2nc3c(s2)CC2C(C)(CO)C(O)CCC2(C)C3CC(=O)NCc2cc(F)cc(F)c2)cc1. The molecule has 1 fully saturated rings. The standard InChI is InChI=1S/C32H37F2N3O5S/c1-31-9-8-26(39)32(2,17-38)25(31)15-24-29(23(31)14-27(40)35-16-19-10-20(33)13-21(34)11-19)37-30(43-24)36-28(41)12-18-4-6-22(42-3)7-5-18/h4-7,10-11,13,23,25-26,38-39H,8-9,12,14-17H2,1-3H3,(H,35,40)(H,36,37,41). The number of thiazole rings is 1. The Hall–Kier alpha value is -3.41. The number of ether oxygens (including phenoxy) is 1. The van der Waals surface area contributed by atoms with Crippen molar-refractivity contribution in [3.8, 4) is 5.75 Å². The Morgan fingerprint density at radius 1 is 1.09 bits per heavy atom. The van der Waals surface area contributed by atoms with Gasteiger partial charge in [-0.1, -0.05) is 26.0 Å². The van der Waals surface area contributed by atoms with Crippen molar-refractivity contribution in [3.05, 3.63) is 75.8 Å². The van der Waals surface area contributed by atoms with E-state index in [1.54, 1.807) is 19.2 Å². The van der Waals surface area contributed by atoms with E-state index in [4.69, 9.17) is 9.72 Å². The van der Waals surface area contributed by atoms with Gasteiger partial charge in [-0.05, 0) is 66.0 Å². The van der Waals surface area contributed by atoms with Gasteiger partial charge in [-0.15, -0.1) is 11.3 Å². The van der Waals surface area contributed by atoms with E-state index in [-0.39, 0.29) is 49.6 Å². The molecule has 0 spiro atoms. The number of aliphatic hydroxyl groups is 2. The van der Waals surface area contributed by atoms with Crippen LogP contribution in [0.4, 0.5) is 13.9 Å². The lowest BCUT2D eigenvalue weighted by molar-refractivity contribution is -0.144. The van der Waals surface area contributed by atoms with E-state index >= 15 is 0 Å². The van der Waals surface area contributed by atoms with Crippen molar-refractivity contribution < 1.29 is 33.3 Å². The highest BCUT2D eigenvalue weighted by atomic mass is 32.1. The maximum atomic E-state index is 13.7. The highest BCUT2D eigenvalue weighted by Crippen LogP contribution is 2.62. The summed E-state index contributed by atoms with van der Waals surface area (Å²) < 4.78 is 32.5. The van der Waals surface area contributed by atoms with Crippen molar-refractivity contribution >= 4 is 28.3 Å². The van der Waals surface area contributed by atoms with Gasteiger partial charge in [0.2, 0.25) is 11.8 Å². The highest BCUT2D eigenvalue weighted by Gasteiger charge is 2.59. The summed E-state index contributed by atoms with van der Waals surface area (Å²) in [5.74, 6) is -1.80. The third-order valence-electron chi connectivity index (χ3n) is 9.47. The number of carbonyl (C=O) groups is 2. The Morgan fingerprint density at radius 3 is 2.44 bits per heavy atom. The largest absolute Gasteiger partial charge is 0.497 e. The van der Waals surface area contributed by atoms with Gasteiger partial charge < -0.3 is 25.6 Å². The van der Waals surface area contributed by atoms with Crippen LogP contribution in [0.3, 0.4) is 0 Å². The maximum absolute atomic E-state index is 13.7. The number of benzene rings is 2. The number of anilines is 1. The Morgan fingerprint density at radius 2 is 1.79 bits per heavy atom. The molecule has 2 aromatic carbocycles. The molecular formula is C32H37F2N3O5S. The molecule has 2 amide bonds. The van der Waals surface area contributed by atoms with E-state index in [9.17, 15) is 28.6 Å². The summed E-state index contributed by atoms with van der Waals surface area (Å²) in [6.45, 7) is 3.72. The Balaban J connectivity index is 1.39. The van der Waals surface area contributed by atoms with E-state index in [2.05, 4.69) is 17.6 Å². The van der Waals surface area contributed by atoms with Crippen LogP contribution in [-0.2, 0) is 29.0 Å². The first-order chi connectivity index (χ1) is 20.4. The molecule has 5 unspecified atom stereocenters. The maximum Gasteiger partial charge on any atom is 0.230 e. The van der Waals surface area contributed by atoms with Crippen molar-refractivity contribution in [2.75, 3.05) is 19.0 Å². The zero-order valence-electron chi connectivity index (χ0n) is 24.5. The summed E-state index contributed by atoms with van der Waals surface area (Å²) in [5.41, 5.74) is 0.583. The van der Waals surface area contributed by atoms with Crippen molar-refractivity contribution in [3.63, 3.8) is 0 Å². The molecule has 1 heterocycles. The first-order valence-electron chi connectivity index (χ1n) is 14.4. The highest BCUT2D eigenvalue weighted by molar-refractivity contribution is 7.15. The van der Waals surface area contributed by atoms with Gasteiger partial charge in [-0.3, -0.25) is 9.59 Å². The summed E-state index contributed by atoms with van der Waals surface area (Å²) >= 11 is 1.35. The van der Waals surface area contributed by atoms with Crippen LogP contribution in [0.25, 0.3) is 0 Å². The van der Waals surface area contributed by atoms with Crippen LogP contribution >= 0.6 is 11.3 Å². The number of aliphatic hydroxyl groups excluding tert-OH is 2. The van der Waals surface area contributed by atoms with Crippen molar-refractivity contribution in [2.24, 2.45) is 16.7 Å². The summed E-state index contributed by atoms with van der Waals surface area (Å²) in [6.07, 6.45) is 1.14. The molecule has 5 rings (SSSR count). The summed E-state index contributed by atoms with van der Waals surface area (Å²) in [6, 6.07) is 10.4. The average Bonchev–Trinajstić information content (AvgIpc) is 3.37. The zero-order chi connectivity index (χ0) is 30.9. The van der Waals surface area contributed by atoms with Gasteiger partial charge >= 0.3 is 0 Å². The van der Waals surface area contributed by atoms with Crippen LogP contribution in [0.15, 0.2) is 42.5 Å². The number of fused-ring (bicyclic) bond motifs is 2. The quantitative estimate of drug-likeness (QED) is 0.277. The van der Waals surface area contributed by atoms with Crippen LogP contribution in [0, 0.1) is 28.4 Å². The summed E-state index contributed by atoms with van der Waals surface area (Å²) in [5, 5.41) is 27.6. The number of nitrogens with one attached hydrogen (secondary N) is 2. The van der Waals surface area contributed by atoms with E-state index in [1.807, 2.05) is 19.1 Å². The van der Waals surface area contributed by atoms with Gasteiger partial charge in [0, 0.05) is 35.2 Å². The Labute approximate surface area is 253 Å². The number of carbonyl (C=O) groups excluding carboxylic acids is 2. The molecule has 3 aromatic rings. The lowest BCUT2D eigenvalue weighted by atomic mass is 9.47. The van der Waals surface area contributed by atoms with Crippen LogP contribution in [-0.4, -0.2) is 46.8 Å². The molecule has 4 N–H and O–H groups in total. The molecule has 0 bridgehead atoms. The molecule has 2 aliphatic rings. The molecule has 0 aliphatic heterocycles. The van der Waals surface area contributed by atoms with E-state index in [0.717, 1.165) is 22.2 Å². The van der Waals surface area contributed by atoms with Gasteiger partial charge in [0.05, 0.1) is 31.9 Å². The predicted molar refractivity (Wildman–Crippen MR) is 159 cm³/mol. The van der Waals surface area contributed by atoms with Crippen molar-refractivity contribution in [2.45, 2.75) is 64.5 Å². The third kappa shape index (κ3) is 6.30. The number of hydrogen-bond acceptors (Lipinski definition) is 7. The fraction of sp³-hybridized carbons (Fsp3) is 0.469. The minimum atomic E-state index is -0.791. The lowest BCUT2D eigenvalue weighted by Crippen LogP contribution is -2.57. The molecule has 8 nitrogen and oxygen atoms in total. The predicted octanol–water partition coefficient (Wildman–Crippen LogP) is 4.73. The molecule has 2 aliphatic carbocycles. The van der Waals surface area contributed by atoms with E-state index in [0.29, 0.717) is 35.7 Å². The van der Waals surface area contributed by atoms with Gasteiger partial charge in [-0.25, -0.2) is 13.8 Å². The van der Waals surface area contributed by atoms with Crippen LogP contribution in [0.2, 0.25) is 0 Å². The molecule has 0 saturated heterocycles. The normalized spacial score (nSPS) is 26.3. The van der Waals surface area contributed by atoms with Crippen molar-refractivity contribution in [1.29, 1.82) is 0 Å². The molecule has 230 valence electrons. The van der Waals surface area contributed by atoms with Crippen molar-refractivity contribution in [1.82, 2.24) is 10.3 Å². The van der Waals surface area contributed by atoms with Crippen LogP contribution < -0.4 is 15.4 Å². The first kappa shape index (κ1) is 31.0. The van der Waals surface area contributed by atoms with Gasteiger partial charge in [0.1, 0.15) is 17.4 Å². The number of amides is 2. The summed E-state index contributed by atoms with van der Waals surface area (Å²) in [7, 11) is 1.58. The fourth-order valence-corrected chi connectivity index (χ4v) is 8.05. The molecule has 1 aromatic heterocycles. The topological polar surface area (TPSA) is 121 Å². The number of aromatic nitrogens is 1. The number of rotatable bonds is 9. The fourth-order valence-electron chi connectivity index (χ4n) is 6.96. The second-order valence-electron chi connectivity index (χ2n) is 12.2. The number of hydrogen-bond donors (Lipinski definition) is 4. The zero-order valence-corrected chi connectivity index (χ0v) is 25.3. The molecule has 1 saturated carbocycles. The van der Waals surface area contributed by atoms with Gasteiger partial charge in [-0.2, -0.15) is 0 Å². The minimum absolute atomic E-state index is 0.0377. The summed E-state index contributed by atoms with van der Waals surface area (Å²) in [4.78, 5) is 32.0. The average molecular weight is 614 g/mol. The molecular weight excluding hydrogens is 576 g/mol. The van der Waals surface area contributed by atoms with Crippen LogP contribution in [0.1, 0.15) is 60.7 Å². The lowest BCUT2D eigenvalue weighted by Gasteiger charge is -2.58. The van der Waals surface area contributed by atoms with E-state index < -0.39 is 28.6 Å². The molecule has 0 radical (unpaired) electrons. The molecule has 11 heteroatoms. The third-order valence-corrected chi connectivity index (χ3v) is 10.5. The molecule has 43 heavy (non-hydrogen) atoms. The molecule has 5 atom stereocenters. The Bertz CT molecular complexity index is 1480. The van der Waals surface area contributed by atoms with Gasteiger partial charge in [0.15, 0.2) is 5.13 Å². The number of nitrogens with zero attached hydrogens (tertiary/aromatic N) is 1. The second-order valence-corrected chi connectivity index (χ2v) is 13.3. The first-order valence-corrected chi connectivity index (χ1v) is 15.2. The second kappa shape index (κ2) is 12.3. The number of halogens is 2. The number of methoxy groups -OCH3 is 1. The smallest absolute Gasteiger partial charge is 0.230 e. The van der Waals surface area contributed by atoms with E-state index in [1.165, 1.54) is 23.5 Å². The van der Waals surface area contributed by atoms with Crippen LogP contribution in [0.5, 0.6) is 5.75 Å². The monoisotopic (exact) mass is 613 g/mol. The Kier molecular flexibility index (Phi) is 8.87. The van der Waals surface area contributed by atoms with Gasteiger partial charge in [0.25, 0.3) is 0 Å².